The van der Waals surface area contributed by atoms with Crippen LogP contribution in [0.5, 0.6) is 0 Å². The predicted octanol–water partition coefficient (Wildman–Crippen LogP) is 2.43. The summed E-state index contributed by atoms with van der Waals surface area (Å²) in [6.45, 7) is 2.11. The molecule has 0 spiro atoms. The van der Waals surface area contributed by atoms with E-state index in [1.807, 2.05) is 12.1 Å². The van der Waals surface area contributed by atoms with Crippen LogP contribution in [-0.4, -0.2) is 23.0 Å². The van der Waals surface area contributed by atoms with E-state index in [9.17, 15) is 4.79 Å². The Bertz CT molecular complexity index is 514. The Hall–Kier alpha value is -2.10. The lowest BCUT2D eigenvalue weighted by atomic mass is 10.1. The van der Waals surface area contributed by atoms with Crippen molar-refractivity contribution < 1.29 is 9.53 Å². The summed E-state index contributed by atoms with van der Waals surface area (Å²) < 4.78 is 4.61. The minimum Gasteiger partial charge on any atom is -0.464 e. The van der Waals surface area contributed by atoms with Gasteiger partial charge in [-0.15, -0.1) is 0 Å². The summed E-state index contributed by atoms with van der Waals surface area (Å²) in [4.78, 5) is 18.4. The molecule has 0 fully saturated rings. The molecule has 88 valence electrons. The molecule has 0 saturated heterocycles. The molecule has 0 radical (unpaired) electrons. The molecule has 1 heterocycles. The molecule has 0 aliphatic carbocycles. The van der Waals surface area contributed by atoms with Gasteiger partial charge in [0, 0.05) is 5.56 Å². The number of methoxy groups -OCH3 is 1. The highest BCUT2D eigenvalue weighted by Gasteiger charge is 2.10. The Morgan fingerprint density at radius 3 is 2.65 bits per heavy atom. The van der Waals surface area contributed by atoms with E-state index in [-0.39, 0.29) is 0 Å². The summed E-state index contributed by atoms with van der Waals surface area (Å²) in [5.41, 5.74) is 2.59. The lowest BCUT2D eigenvalue weighted by molar-refractivity contribution is 0.0595. The van der Waals surface area contributed by atoms with Crippen LogP contribution in [0.2, 0.25) is 0 Å². The molecule has 0 unspecified atom stereocenters. The number of hydrogen-bond acceptors (Lipinski definition) is 3. The van der Waals surface area contributed by atoms with Crippen molar-refractivity contribution in [3.63, 3.8) is 0 Å². The summed E-state index contributed by atoms with van der Waals surface area (Å²) >= 11 is 0. The Balaban J connectivity index is 2.27. The lowest BCUT2D eigenvalue weighted by Gasteiger charge is -1.99. The highest BCUT2D eigenvalue weighted by Crippen LogP contribution is 2.16. The number of aromatic amines is 1. The second kappa shape index (κ2) is 4.82. The second-order valence-electron chi connectivity index (χ2n) is 3.69. The number of carbonyl (C=O) groups is 1. The molecule has 0 atom stereocenters. The average molecular weight is 230 g/mol. The maximum Gasteiger partial charge on any atom is 0.356 e. The van der Waals surface area contributed by atoms with Crippen LogP contribution in [0, 0.1) is 0 Å². The fourth-order valence-electron chi connectivity index (χ4n) is 1.58. The second-order valence-corrected chi connectivity index (χ2v) is 3.69. The third-order valence-corrected chi connectivity index (χ3v) is 2.62. The minimum atomic E-state index is -0.408. The van der Waals surface area contributed by atoms with Crippen LogP contribution in [0.15, 0.2) is 30.5 Å². The summed E-state index contributed by atoms with van der Waals surface area (Å²) in [5, 5.41) is 0. The van der Waals surface area contributed by atoms with Gasteiger partial charge in [-0.1, -0.05) is 31.2 Å². The van der Waals surface area contributed by atoms with Gasteiger partial charge >= 0.3 is 5.97 Å². The Kier molecular flexibility index (Phi) is 3.23. The smallest absolute Gasteiger partial charge is 0.356 e. The first-order valence-electron chi connectivity index (χ1n) is 5.47. The molecule has 0 aliphatic heterocycles. The zero-order chi connectivity index (χ0) is 12.3. The molecule has 4 nitrogen and oxygen atoms in total. The van der Waals surface area contributed by atoms with Crippen LogP contribution >= 0.6 is 0 Å². The molecule has 2 aromatic rings. The lowest BCUT2D eigenvalue weighted by Crippen LogP contribution is -2.00. The standard InChI is InChI=1S/C13H14N2O2/c1-3-9-4-6-10(7-5-9)12-14-8-11(15-12)13(16)17-2/h4-8H,3H2,1-2H3,(H,14,15). The normalized spacial score (nSPS) is 10.2. The highest BCUT2D eigenvalue weighted by molar-refractivity contribution is 5.87. The molecule has 0 amide bonds. The van der Waals surface area contributed by atoms with E-state index >= 15 is 0 Å². The number of imidazole rings is 1. The molecule has 4 heteroatoms. The third kappa shape index (κ3) is 2.36. The van der Waals surface area contributed by atoms with Crippen molar-refractivity contribution in [2.45, 2.75) is 13.3 Å². The molecule has 1 N–H and O–H groups in total. The number of aryl methyl sites for hydroxylation is 1. The number of benzene rings is 1. The summed E-state index contributed by atoms with van der Waals surface area (Å²) in [6.07, 6.45) is 2.49. The van der Waals surface area contributed by atoms with Crippen LogP contribution in [0.4, 0.5) is 0 Å². The first-order valence-corrected chi connectivity index (χ1v) is 5.47. The van der Waals surface area contributed by atoms with E-state index in [0.29, 0.717) is 11.5 Å². The maximum absolute atomic E-state index is 11.3. The van der Waals surface area contributed by atoms with Gasteiger partial charge in [0.05, 0.1) is 13.3 Å². The fraction of sp³-hybridized carbons (Fsp3) is 0.231. The molecule has 0 saturated carbocycles. The summed E-state index contributed by atoms with van der Waals surface area (Å²) in [7, 11) is 1.35. The van der Waals surface area contributed by atoms with Gasteiger partial charge in [-0.05, 0) is 12.0 Å². The van der Waals surface area contributed by atoms with Gasteiger partial charge in [0.1, 0.15) is 11.5 Å². The number of nitrogens with one attached hydrogen (secondary N) is 1. The van der Waals surface area contributed by atoms with Crippen LogP contribution < -0.4 is 0 Å². The van der Waals surface area contributed by atoms with Gasteiger partial charge in [-0.3, -0.25) is 0 Å². The quantitative estimate of drug-likeness (QED) is 0.824. The highest BCUT2D eigenvalue weighted by atomic mass is 16.5. The number of ether oxygens (including phenoxy) is 1. The largest absolute Gasteiger partial charge is 0.464 e. The predicted molar refractivity (Wildman–Crippen MR) is 64.7 cm³/mol. The van der Waals surface area contributed by atoms with Crippen LogP contribution in [-0.2, 0) is 11.2 Å². The van der Waals surface area contributed by atoms with E-state index in [2.05, 4.69) is 33.8 Å². The number of hydrogen-bond donors (Lipinski definition) is 1. The molecule has 0 aliphatic rings. The minimum absolute atomic E-state index is 0.363. The number of rotatable bonds is 3. The molecule has 1 aromatic heterocycles. The van der Waals surface area contributed by atoms with Crippen molar-refractivity contribution in [2.75, 3.05) is 7.11 Å². The Labute approximate surface area is 99.7 Å². The SMILES string of the molecule is CCc1ccc(-c2ncc(C(=O)OC)[nH]2)cc1. The van der Waals surface area contributed by atoms with E-state index in [1.54, 1.807) is 0 Å². The van der Waals surface area contributed by atoms with Crippen molar-refractivity contribution in [3.8, 4) is 11.4 Å². The van der Waals surface area contributed by atoms with E-state index in [4.69, 9.17) is 0 Å². The number of esters is 1. The molecule has 2 rings (SSSR count). The van der Waals surface area contributed by atoms with E-state index in [1.165, 1.54) is 18.9 Å². The van der Waals surface area contributed by atoms with Crippen LogP contribution in [0.25, 0.3) is 11.4 Å². The summed E-state index contributed by atoms with van der Waals surface area (Å²) in [5.74, 6) is 0.266. The Morgan fingerprint density at radius 2 is 2.06 bits per heavy atom. The first kappa shape index (κ1) is 11.4. The van der Waals surface area contributed by atoms with Crippen LogP contribution in [0.3, 0.4) is 0 Å². The monoisotopic (exact) mass is 230 g/mol. The summed E-state index contributed by atoms with van der Waals surface area (Å²) in [6, 6.07) is 8.07. The number of nitrogens with zero attached hydrogens (tertiary/aromatic N) is 1. The van der Waals surface area contributed by atoms with Gasteiger partial charge in [0.25, 0.3) is 0 Å². The molecule has 0 bridgehead atoms. The molecular formula is C13H14N2O2. The van der Waals surface area contributed by atoms with Gasteiger partial charge in [0.15, 0.2) is 0 Å². The third-order valence-electron chi connectivity index (χ3n) is 2.62. The van der Waals surface area contributed by atoms with Crippen molar-refractivity contribution >= 4 is 5.97 Å². The van der Waals surface area contributed by atoms with Gasteiger partial charge in [-0.2, -0.15) is 0 Å². The van der Waals surface area contributed by atoms with Crippen molar-refractivity contribution in [1.29, 1.82) is 0 Å². The average Bonchev–Trinajstić information content (AvgIpc) is 2.87. The van der Waals surface area contributed by atoms with E-state index in [0.717, 1.165) is 12.0 Å². The van der Waals surface area contributed by atoms with Crippen LogP contribution in [0.1, 0.15) is 23.0 Å². The van der Waals surface area contributed by atoms with Gasteiger partial charge in [0.2, 0.25) is 0 Å². The van der Waals surface area contributed by atoms with Crippen molar-refractivity contribution in [3.05, 3.63) is 41.7 Å². The number of H-pyrrole nitrogens is 1. The maximum atomic E-state index is 11.3. The topological polar surface area (TPSA) is 55.0 Å². The molecule has 17 heavy (non-hydrogen) atoms. The zero-order valence-corrected chi connectivity index (χ0v) is 9.86. The fourth-order valence-corrected chi connectivity index (χ4v) is 1.58. The number of aromatic nitrogens is 2. The van der Waals surface area contributed by atoms with Gasteiger partial charge in [-0.25, -0.2) is 9.78 Å². The number of carbonyl (C=O) groups excluding carboxylic acids is 1. The Morgan fingerprint density at radius 1 is 1.35 bits per heavy atom. The van der Waals surface area contributed by atoms with Crippen molar-refractivity contribution in [2.24, 2.45) is 0 Å². The van der Waals surface area contributed by atoms with Crippen molar-refractivity contribution in [1.82, 2.24) is 9.97 Å². The molecular weight excluding hydrogens is 216 g/mol. The van der Waals surface area contributed by atoms with E-state index < -0.39 is 5.97 Å². The zero-order valence-electron chi connectivity index (χ0n) is 9.86. The molecule has 1 aromatic carbocycles. The first-order chi connectivity index (χ1) is 8.24. The van der Waals surface area contributed by atoms with Gasteiger partial charge < -0.3 is 9.72 Å².